The smallest absolute Gasteiger partial charge is 0.160 e. The molecule has 0 unspecified atom stereocenters. The molecule has 0 atom stereocenters. The van der Waals surface area contributed by atoms with Gasteiger partial charge in [-0.1, -0.05) is 24.3 Å². The predicted octanol–water partition coefficient (Wildman–Crippen LogP) is 4.34. The standard InChI is InChI=1S/C20H19F2N3/c21-19-10-9-18(11-20(19)22)25(12-14-1-5-16(23)6-2-14)13-15-3-7-17(24)8-4-15/h1-11H,12-13,23-24H2. The molecule has 0 fully saturated rings. The molecule has 3 rings (SSSR count). The lowest BCUT2D eigenvalue weighted by Crippen LogP contribution is -2.22. The summed E-state index contributed by atoms with van der Waals surface area (Å²) in [4.78, 5) is 1.97. The lowest BCUT2D eigenvalue weighted by Gasteiger charge is -2.25. The molecule has 0 spiro atoms. The molecular formula is C20H19F2N3. The Kier molecular flexibility index (Phi) is 4.84. The molecule has 5 heteroatoms. The van der Waals surface area contributed by atoms with Crippen LogP contribution in [0.1, 0.15) is 11.1 Å². The summed E-state index contributed by atoms with van der Waals surface area (Å²) >= 11 is 0. The second kappa shape index (κ2) is 7.21. The first-order chi connectivity index (χ1) is 12.0. The third-order valence-electron chi connectivity index (χ3n) is 3.97. The summed E-state index contributed by atoms with van der Waals surface area (Å²) in [6.07, 6.45) is 0. The van der Waals surface area contributed by atoms with Gasteiger partial charge in [0.1, 0.15) is 0 Å². The maximum absolute atomic E-state index is 13.7. The Hall–Kier alpha value is -3.08. The van der Waals surface area contributed by atoms with E-state index in [-0.39, 0.29) is 0 Å². The minimum atomic E-state index is -0.864. The van der Waals surface area contributed by atoms with Crippen LogP contribution < -0.4 is 16.4 Å². The van der Waals surface area contributed by atoms with Crippen molar-refractivity contribution in [2.75, 3.05) is 16.4 Å². The molecule has 3 aromatic carbocycles. The van der Waals surface area contributed by atoms with E-state index in [1.165, 1.54) is 6.07 Å². The van der Waals surface area contributed by atoms with Crippen molar-refractivity contribution in [3.63, 3.8) is 0 Å². The molecule has 0 aliphatic carbocycles. The Labute approximate surface area is 145 Å². The van der Waals surface area contributed by atoms with Gasteiger partial charge in [0.25, 0.3) is 0 Å². The largest absolute Gasteiger partial charge is 0.399 e. The van der Waals surface area contributed by atoms with Crippen molar-refractivity contribution < 1.29 is 8.78 Å². The van der Waals surface area contributed by atoms with E-state index in [1.54, 1.807) is 6.07 Å². The number of anilines is 3. The lowest BCUT2D eigenvalue weighted by atomic mass is 10.1. The molecule has 0 saturated heterocycles. The van der Waals surface area contributed by atoms with E-state index in [9.17, 15) is 8.78 Å². The maximum Gasteiger partial charge on any atom is 0.160 e. The summed E-state index contributed by atoms with van der Waals surface area (Å²) in [6.45, 7) is 1.07. The summed E-state index contributed by atoms with van der Waals surface area (Å²) in [5.74, 6) is -1.72. The second-order valence-electron chi connectivity index (χ2n) is 5.94. The topological polar surface area (TPSA) is 55.3 Å². The van der Waals surface area contributed by atoms with E-state index >= 15 is 0 Å². The minimum Gasteiger partial charge on any atom is -0.399 e. The average molecular weight is 339 g/mol. The number of benzene rings is 3. The van der Waals surface area contributed by atoms with Gasteiger partial charge in [-0.05, 0) is 47.5 Å². The molecule has 0 amide bonds. The third kappa shape index (κ3) is 4.26. The third-order valence-corrected chi connectivity index (χ3v) is 3.97. The summed E-state index contributed by atoms with van der Waals surface area (Å²) < 4.78 is 27.0. The first-order valence-electron chi connectivity index (χ1n) is 7.90. The highest BCUT2D eigenvalue weighted by Crippen LogP contribution is 2.23. The molecule has 3 nitrogen and oxygen atoms in total. The van der Waals surface area contributed by atoms with Crippen LogP contribution in [-0.4, -0.2) is 0 Å². The monoisotopic (exact) mass is 339 g/mol. The Morgan fingerprint density at radius 2 is 1.12 bits per heavy atom. The molecule has 128 valence electrons. The van der Waals surface area contributed by atoms with Crippen LogP contribution in [-0.2, 0) is 13.1 Å². The zero-order valence-electron chi connectivity index (χ0n) is 13.6. The summed E-state index contributed by atoms with van der Waals surface area (Å²) in [5, 5.41) is 0. The molecule has 0 bridgehead atoms. The van der Waals surface area contributed by atoms with Crippen LogP contribution in [0, 0.1) is 11.6 Å². The quantitative estimate of drug-likeness (QED) is 0.680. The van der Waals surface area contributed by atoms with Gasteiger partial charge in [-0.15, -0.1) is 0 Å². The fourth-order valence-electron chi connectivity index (χ4n) is 2.61. The molecule has 0 aliphatic heterocycles. The average Bonchev–Trinajstić information content (AvgIpc) is 2.60. The van der Waals surface area contributed by atoms with Crippen LogP contribution in [0.5, 0.6) is 0 Å². The fraction of sp³-hybridized carbons (Fsp3) is 0.100. The van der Waals surface area contributed by atoms with Gasteiger partial charge < -0.3 is 16.4 Å². The van der Waals surface area contributed by atoms with Crippen molar-refractivity contribution in [1.29, 1.82) is 0 Å². The molecule has 3 aromatic rings. The highest BCUT2D eigenvalue weighted by atomic mass is 19.2. The first-order valence-corrected chi connectivity index (χ1v) is 7.90. The zero-order chi connectivity index (χ0) is 17.8. The van der Waals surface area contributed by atoms with Gasteiger partial charge in [0, 0.05) is 36.2 Å². The number of rotatable bonds is 5. The fourth-order valence-corrected chi connectivity index (χ4v) is 2.61. The Morgan fingerprint density at radius 3 is 1.56 bits per heavy atom. The first kappa shape index (κ1) is 16.8. The summed E-state index contributed by atoms with van der Waals surface area (Å²) in [5.41, 5.74) is 15.5. The lowest BCUT2D eigenvalue weighted by molar-refractivity contribution is 0.508. The van der Waals surface area contributed by atoms with Crippen LogP contribution in [0.15, 0.2) is 66.7 Å². The van der Waals surface area contributed by atoms with Crippen molar-refractivity contribution >= 4 is 17.1 Å². The number of halogens is 2. The van der Waals surface area contributed by atoms with E-state index in [2.05, 4.69) is 0 Å². The maximum atomic E-state index is 13.7. The number of hydrogen-bond donors (Lipinski definition) is 2. The highest BCUT2D eigenvalue weighted by Gasteiger charge is 2.12. The van der Waals surface area contributed by atoms with Crippen LogP contribution in [0.25, 0.3) is 0 Å². The van der Waals surface area contributed by atoms with Gasteiger partial charge in [-0.2, -0.15) is 0 Å². The van der Waals surface area contributed by atoms with E-state index < -0.39 is 11.6 Å². The van der Waals surface area contributed by atoms with Gasteiger partial charge in [-0.25, -0.2) is 8.78 Å². The number of hydrogen-bond acceptors (Lipinski definition) is 3. The number of nitrogens with two attached hydrogens (primary N) is 2. The molecular weight excluding hydrogens is 320 g/mol. The van der Waals surface area contributed by atoms with Crippen molar-refractivity contribution in [3.8, 4) is 0 Å². The molecule has 0 saturated carbocycles. The molecule has 4 N–H and O–H groups in total. The molecule has 25 heavy (non-hydrogen) atoms. The van der Waals surface area contributed by atoms with Crippen molar-refractivity contribution in [3.05, 3.63) is 89.5 Å². The molecule has 0 aromatic heterocycles. The molecule has 0 radical (unpaired) electrons. The van der Waals surface area contributed by atoms with Crippen molar-refractivity contribution in [1.82, 2.24) is 0 Å². The van der Waals surface area contributed by atoms with E-state index in [4.69, 9.17) is 11.5 Å². The van der Waals surface area contributed by atoms with Crippen LogP contribution in [0.3, 0.4) is 0 Å². The van der Waals surface area contributed by atoms with E-state index in [1.807, 2.05) is 53.4 Å². The van der Waals surface area contributed by atoms with Crippen molar-refractivity contribution in [2.24, 2.45) is 0 Å². The Morgan fingerprint density at radius 1 is 0.640 bits per heavy atom. The van der Waals surface area contributed by atoms with Crippen molar-refractivity contribution in [2.45, 2.75) is 13.1 Å². The predicted molar refractivity (Wildman–Crippen MR) is 98.0 cm³/mol. The van der Waals surface area contributed by atoms with Gasteiger partial charge in [-0.3, -0.25) is 0 Å². The minimum absolute atomic E-state index is 0.537. The summed E-state index contributed by atoms with van der Waals surface area (Å²) in [7, 11) is 0. The van der Waals surface area contributed by atoms with Crippen LogP contribution in [0.2, 0.25) is 0 Å². The van der Waals surface area contributed by atoms with E-state index in [0.717, 1.165) is 17.2 Å². The SMILES string of the molecule is Nc1ccc(CN(Cc2ccc(N)cc2)c2ccc(F)c(F)c2)cc1. The number of nitrogens with zero attached hydrogens (tertiary/aromatic N) is 1. The Balaban J connectivity index is 1.90. The summed E-state index contributed by atoms with van der Waals surface area (Å²) in [6, 6.07) is 18.9. The second-order valence-corrected chi connectivity index (χ2v) is 5.94. The highest BCUT2D eigenvalue weighted by molar-refractivity contribution is 5.50. The Bertz CT molecular complexity index is 798. The van der Waals surface area contributed by atoms with Gasteiger partial charge in [0.2, 0.25) is 0 Å². The zero-order valence-corrected chi connectivity index (χ0v) is 13.6. The molecule has 0 heterocycles. The van der Waals surface area contributed by atoms with E-state index in [0.29, 0.717) is 30.2 Å². The normalized spacial score (nSPS) is 10.6. The molecule has 0 aliphatic rings. The number of nitrogen functional groups attached to an aromatic ring is 2. The van der Waals surface area contributed by atoms with Crippen LogP contribution in [0.4, 0.5) is 25.8 Å². The van der Waals surface area contributed by atoms with Gasteiger partial charge in [0.15, 0.2) is 11.6 Å². The van der Waals surface area contributed by atoms with Gasteiger partial charge in [0.05, 0.1) is 0 Å². The van der Waals surface area contributed by atoms with Gasteiger partial charge >= 0.3 is 0 Å². The van der Waals surface area contributed by atoms with Crippen LogP contribution >= 0.6 is 0 Å².